The Morgan fingerprint density at radius 2 is 0.541 bits per heavy atom. The molecule has 0 unspecified atom stereocenters. The topological polar surface area (TPSA) is 13.0 Å². The molecule has 0 heterocycles. The summed E-state index contributed by atoms with van der Waals surface area (Å²) >= 11 is 0. The van der Waals surface area contributed by atoms with Gasteiger partial charge in [-0.2, -0.15) is 0 Å². The van der Waals surface area contributed by atoms with E-state index >= 15 is 0 Å². The van der Waals surface area contributed by atoms with Gasteiger partial charge in [0, 0.05) is 50.3 Å². The maximum atomic E-state index is 3.24. The minimum atomic E-state index is -1.88. The third-order valence-corrected chi connectivity index (χ3v) is 15.9. The van der Waals surface area contributed by atoms with Gasteiger partial charge in [-0.25, -0.2) is 0 Å². The average molecular weight is 536 g/mol. The molecule has 5 heteroatoms. The van der Waals surface area contributed by atoms with Gasteiger partial charge in [0.15, 0.2) is 0 Å². The lowest BCUT2D eigenvalue weighted by Crippen LogP contribution is -2.61. The van der Waals surface area contributed by atoms with Crippen molar-refractivity contribution in [3.8, 4) is 0 Å². The van der Waals surface area contributed by atoms with Crippen LogP contribution in [-0.4, -0.2) is 69.0 Å². The maximum absolute atomic E-state index is 3.24. The zero-order chi connectivity index (χ0) is 26.1. The van der Waals surface area contributed by atoms with E-state index in [9.17, 15) is 0 Å². The minimum absolute atomic E-state index is 0.778. The second-order valence-corrected chi connectivity index (χ2v) is 15.9. The highest BCUT2D eigenvalue weighted by molar-refractivity contribution is 7.66. The smallest absolute Gasteiger partial charge is 0.130 e. The van der Waals surface area contributed by atoms with Crippen LogP contribution in [0.2, 0.25) is 0 Å². The number of rotatable bonds is 12. The Morgan fingerprint density at radius 1 is 0.351 bits per heavy atom. The SMILES string of the molecule is CCN(C1CCCCC1)[P+](N(CC)C1CCCCC1)(N(CC)C1CCCCC1)N(CC)C1CCCCC1. The lowest BCUT2D eigenvalue weighted by atomic mass is 9.95. The fraction of sp³-hybridized carbons (Fsp3) is 1.00. The van der Waals surface area contributed by atoms with E-state index in [1.165, 1.54) is 155 Å². The van der Waals surface area contributed by atoms with Crippen molar-refractivity contribution in [1.82, 2.24) is 18.7 Å². The van der Waals surface area contributed by atoms with Gasteiger partial charge in [-0.15, -0.1) is 18.7 Å². The molecular weight excluding hydrogens is 471 g/mol. The van der Waals surface area contributed by atoms with Crippen molar-refractivity contribution in [2.24, 2.45) is 0 Å². The first-order chi connectivity index (χ1) is 18.2. The molecule has 0 aromatic carbocycles. The Bertz CT molecular complexity index is 511. The molecule has 4 nitrogen and oxygen atoms in total. The molecular formula is C32H64N4P+. The molecule has 37 heavy (non-hydrogen) atoms. The molecule has 4 aliphatic carbocycles. The third kappa shape index (κ3) is 6.61. The van der Waals surface area contributed by atoms with Crippen LogP contribution in [-0.2, 0) is 0 Å². The highest BCUT2D eigenvalue weighted by Crippen LogP contribution is 2.74. The molecule has 0 aliphatic heterocycles. The monoisotopic (exact) mass is 535 g/mol. The lowest BCUT2D eigenvalue weighted by molar-refractivity contribution is 0.119. The van der Waals surface area contributed by atoms with E-state index in [1.807, 2.05) is 0 Å². The van der Waals surface area contributed by atoms with Crippen LogP contribution in [0.3, 0.4) is 0 Å². The van der Waals surface area contributed by atoms with Crippen LogP contribution in [0.25, 0.3) is 0 Å². The summed E-state index contributed by atoms with van der Waals surface area (Å²) in [5, 5.41) is 0. The molecule has 4 aliphatic rings. The molecule has 4 saturated carbocycles. The van der Waals surface area contributed by atoms with Crippen molar-refractivity contribution in [2.75, 3.05) is 26.2 Å². The van der Waals surface area contributed by atoms with Crippen molar-refractivity contribution >= 4 is 7.87 Å². The van der Waals surface area contributed by atoms with Crippen molar-refractivity contribution in [2.45, 2.75) is 180 Å². The highest BCUT2D eigenvalue weighted by atomic mass is 31.2. The van der Waals surface area contributed by atoms with Gasteiger partial charge in [-0.1, -0.05) is 77.0 Å². The first-order valence-corrected chi connectivity index (χ1v) is 18.8. The molecule has 0 N–H and O–H groups in total. The van der Waals surface area contributed by atoms with E-state index in [2.05, 4.69) is 46.4 Å². The van der Waals surface area contributed by atoms with Crippen LogP contribution in [0.1, 0.15) is 156 Å². The Labute approximate surface area is 232 Å². The standard InChI is InChI=1S/C32H64N4P/c1-5-33(29-21-13-9-14-22-29)37(34(6-2)30-23-15-10-16-24-30,35(7-3)31-25-17-11-18-26-31)36(8-4)32-27-19-12-20-28-32/h29-32H,5-28H2,1-4H3/q+1. The van der Waals surface area contributed by atoms with Crippen LogP contribution < -0.4 is 0 Å². The molecule has 0 radical (unpaired) electrons. The zero-order valence-corrected chi connectivity index (χ0v) is 26.4. The quantitative estimate of drug-likeness (QED) is 0.231. The van der Waals surface area contributed by atoms with E-state index in [-0.39, 0.29) is 0 Å². The predicted octanol–water partition coefficient (Wildman–Crippen LogP) is 9.28. The Kier molecular flexibility index (Phi) is 12.5. The largest absolute Gasteiger partial charge is 0.309 e. The number of hydrogen-bond donors (Lipinski definition) is 0. The van der Waals surface area contributed by atoms with Gasteiger partial charge in [-0.05, 0) is 79.1 Å². The molecule has 0 saturated heterocycles. The van der Waals surface area contributed by atoms with Crippen molar-refractivity contribution in [3.05, 3.63) is 0 Å². The second kappa shape index (κ2) is 15.3. The summed E-state index contributed by atoms with van der Waals surface area (Å²) in [5.74, 6) is 0. The van der Waals surface area contributed by atoms with Gasteiger partial charge in [0.05, 0.1) is 0 Å². The summed E-state index contributed by atoms with van der Waals surface area (Å²) in [6, 6.07) is 3.11. The van der Waals surface area contributed by atoms with E-state index in [4.69, 9.17) is 0 Å². The Balaban J connectivity index is 1.90. The van der Waals surface area contributed by atoms with Crippen molar-refractivity contribution < 1.29 is 0 Å². The van der Waals surface area contributed by atoms with Crippen LogP contribution in [0, 0.1) is 0 Å². The van der Waals surface area contributed by atoms with Crippen LogP contribution in [0.5, 0.6) is 0 Å². The summed E-state index contributed by atoms with van der Waals surface area (Å²) in [6.07, 6.45) is 28.9. The molecule has 0 atom stereocenters. The van der Waals surface area contributed by atoms with Crippen molar-refractivity contribution in [3.63, 3.8) is 0 Å². The fourth-order valence-electron chi connectivity index (χ4n) is 9.07. The van der Waals surface area contributed by atoms with E-state index in [0.717, 1.165) is 24.2 Å². The van der Waals surface area contributed by atoms with Gasteiger partial charge in [0.2, 0.25) is 0 Å². The Morgan fingerprint density at radius 3 is 0.703 bits per heavy atom. The summed E-state index contributed by atoms with van der Waals surface area (Å²) in [6.45, 7) is 15.1. The molecule has 0 amide bonds. The minimum Gasteiger partial charge on any atom is -0.130 e. The summed E-state index contributed by atoms with van der Waals surface area (Å²) in [4.78, 5) is 0. The van der Waals surface area contributed by atoms with Gasteiger partial charge < -0.3 is 0 Å². The average Bonchev–Trinajstić information content (AvgIpc) is 2.97. The molecule has 4 fully saturated rings. The zero-order valence-electron chi connectivity index (χ0n) is 25.5. The van der Waals surface area contributed by atoms with Gasteiger partial charge >= 0.3 is 7.87 Å². The van der Waals surface area contributed by atoms with Gasteiger partial charge in [-0.3, -0.25) is 0 Å². The highest BCUT2D eigenvalue weighted by Gasteiger charge is 2.65. The van der Waals surface area contributed by atoms with Gasteiger partial charge in [0.25, 0.3) is 0 Å². The first kappa shape index (κ1) is 30.2. The Hall–Kier alpha value is 0.270. The van der Waals surface area contributed by atoms with Crippen LogP contribution in [0.4, 0.5) is 0 Å². The molecule has 4 rings (SSSR count). The molecule has 0 bridgehead atoms. The maximum Gasteiger partial charge on any atom is 0.309 e. The van der Waals surface area contributed by atoms with Crippen LogP contribution in [0.15, 0.2) is 0 Å². The molecule has 0 aromatic heterocycles. The summed E-state index contributed by atoms with van der Waals surface area (Å²) in [5.41, 5.74) is 0. The lowest BCUT2D eigenvalue weighted by Gasteiger charge is -2.58. The number of nitrogens with zero attached hydrogens (tertiary/aromatic N) is 4. The molecule has 0 spiro atoms. The van der Waals surface area contributed by atoms with E-state index < -0.39 is 7.87 Å². The second-order valence-electron chi connectivity index (χ2n) is 12.7. The van der Waals surface area contributed by atoms with Crippen LogP contribution >= 0.6 is 7.87 Å². The molecule has 216 valence electrons. The van der Waals surface area contributed by atoms with E-state index in [1.54, 1.807) is 0 Å². The fourth-order valence-corrected chi connectivity index (χ4v) is 15.0. The predicted molar refractivity (Wildman–Crippen MR) is 164 cm³/mol. The first-order valence-electron chi connectivity index (χ1n) is 17.2. The van der Waals surface area contributed by atoms with Crippen molar-refractivity contribution in [1.29, 1.82) is 0 Å². The summed E-state index contributed by atoms with van der Waals surface area (Å²) < 4.78 is 12.9. The number of hydrogen-bond acceptors (Lipinski definition) is 4. The normalized spacial score (nSPS) is 24.6. The summed E-state index contributed by atoms with van der Waals surface area (Å²) in [7, 11) is -1.88. The third-order valence-electron chi connectivity index (χ3n) is 10.7. The van der Waals surface area contributed by atoms with Gasteiger partial charge in [0.1, 0.15) is 0 Å². The molecule has 0 aromatic rings. The van der Waals surface area contributed by atoms with E-state index in [0.29, 0.717) is 0 Å².